The van der Waals surface area contributed by atoms with Crippen LogP contribution in [0.2, 0.25) is 0 Å². The zero-order chi connectivity index (χ0) is 13.4. The number of hydrogen-bond donors (Lipinski definition) is 2. The van der Waals surface area contributed by atoms with Crippen LogP contribution < -0.4 is 5.32 Å². The van der Waals surface area contributed by atoms with Crippen LogP contribution in [-0.2, 0) is 0 Å². The van der Waals surface area contributed by atoms with Crippen LogP contribution in [0, 0.1) is 6.92 Å². The van der Waals surface area contributed by atoms with Gasteiger partial charge in [0.1, 0.15) is 23.5 Å². The van der Waals surface area contributed by atoms with Crippen molar-refractivity contribution in [1.82, 2.24) is 9.97 Å². The predicted molar refractivity (Wildman–Crippen MR) is 69.4 cm³/mol. The molecule has 0 saturated heterocycles. The van der Waals surface area contributed by atoms with Gasteiger partial charge in [-0.2, -0.15) is 0 Å². The maximum atomic E-state index is 11.3. The number of carboxylic acids is 1. The first kappa shape index (κ1) is 12.0. The largest absolute Gasteiger partial charge is 0.478 e. The lowest BCUT2D eigenvalue weighted by atomic mass is 10.1. The Bertz CT molecular complexity index is 629. The monoisotopic (exact) mass is 261 g/mol. The van der Waals surface area contributed by atoms with Crippen LogP contribution >= 0.6 is 0 Å². The van der Waals surface area contributed by atoms with Gasteiger partial charge in [0.05, 0.1) is 5.39 Å². The zero-order valence-electron chi connectivity index (χ0n) is 10.6. The molecule has 0 spiro atoms. The fourth-order valence-electron chi connectivity index (χ4n) is 2.67. The van der Waals surface area contributed by atoms with Crippen LogP contribution in [0.5, 0.6) is 0 Å². The number of fused-ring (bicyclic) bond motifs is 1. The van der Waals surface area contributed by atoms with E-state index in [2.05, 4.69) is 15.3 Å². The van der Waals surface area contributed by atoms with E-state index in [1.807, 2.05) is 0 Å². The number of nitrogens with zero attached hydrogens (tertiary/aromatic N) is 2. The van der Waals surface area contributed by atoms with Crippen LogP contribution in [0.1, 0.15) is 41.8 Å². The van der Waals surface area contributed by atoms with Gasteiger partial charge in [0.25, 0.3) is 0 Å². The second-order valence-corrected chi connectivity index (χ2v) is 4.87. The third-order valence-electron chi connectivity index (χ3n) is 3.57. The summed E-state index contributed by atoms with van der Waals surface area (Å²) in [7, 11) is 0. The highest BCUT2D eigenvalue weighted by atomic mass is 16.4. The maximum Gasteiger partial charge on any atom is 0.340 e. The molecule has 2 N–H and O–H groups in total. The molecule has 0 unspecified atom stereocenters. The van der Waals surface area contributed by atoms with Crippen LogP contribution in [0.3, 0.4) is 0 Å². The summed E-state index contributed by atoms with van der Waals surface area (Å²) in [4.78, 5) is 19.5. The van der Waals surface area contributed by atoms with Gasteiger partial charge in [-0.25, -0.2) is 14.8 Å². The SMILES string of the molecule is Cc1oc2ncnc(NC3CCCC3)c2c1C(=O)O. The van der Waals surface area contributed by atoms with Gasteiger partial charge in [0, 0.05) is 6.04 Å². The molecule has 1 aliphatic rings. The number of aromatic nitrogens is 2. The molecule has 1 aliphatic carbocycles. The zero-order valence-corrected chi connectivity index (χ0v) is 10.6. The third-order valence-corrected chi connectivity index (χ3v) is 3.57. The maximum absolute atomic E-state index is 11.3. The Morgan fingerprint density at radius 3 is 2.84 bits per heavy atom. The van der Waals surface area contributed by atoms with E-state index in [1.165, 1.54) is 19.2 Å². The smallest absolute Gasteiger partial charge is 0.340 e. The Morgan fingerprint density at radius 1 is 1.42 bits per heavy atom. The second-order valence-electron chi connectivity index (χ2n) is 4.87. The average molecular weight is 261 g/mol. The Morgan fingerprint density at radius 2 is 2.16 bits per heavy atom. The fraction of sp³-hybridized carbons (Fsp3) is 0.462. The summed E-state index contributed by atoms with van der Waals surface area (Å²) in [6.45, 7) is 1.63. The minimum atomic E-state index is -1.01. The highest BCUT2D eigenvalue weighted by Gasteiger charge is 2.24. The van der Waals surface area contributed by atoms with E-state index in [4.69, 9.17) is 4.42 Å². The number of aromatic carboxylic acids is 1. The molecule has 2 heterocycles. The van der Waals surface area contributed by atoms with Crippen molar-refractivity contribution in [2.45, 2.75) is 38.6 Å². The lowest BCUT2D eigenvalue weighted by Crippen LogP contribution is -2.16. The molecule has 0 atom stereocenters. The van der Waals surface area contributed by atoms with Crippen molar-refractivity contribution < 1.29 is 14.3 Å². The summed E-state index contributed by atoms with van der Waals surface area (Å²) >= 11 is 0. The number of anilines is 1. The van der Waals surface area contributed by atoms with E-state index in [-0.39, 0.29) is 5.56 Å². The molecule has 0 bridgehead atoms. The van der Waals surface area contributed by atoms with Gasteiger partial charge in [0.2, 0.25) is 5.71 Å². The molecular formula is C13H15N3O3. The van der Waals surface area contributed by atoms with Gasteiger partial charge in [-0.05, 0) is 19.8 Å². The van der Waals surface area contributed by atoms with Crippen LogP contribution in [-0.4, -0.2) is 27.1 Å². The van der Waals surface area contributed by atoms with Crippen LogP contribution in [0.15, 0.2) is 10.7 Å². The third kappa shape index (κ3) is 2.03. The molecule has 0 aliphatic heterocycles. The molecule has 2 aromatic rings. The van der Waals surface area contributed by atoms with E-state index >= 15 is 0 Å². The summed E-state index contributed by atoms with van der Waals surface area (Å²) in [5.41, 5.74) is 0.474. The molecule has 19 heavy (non-hydrogen) atoms. The standard InChI is InChI=1S/C13H15N3O3/c1-7-9(13(17)18)10-11(14-6-15-12(10)19-7)16-8-4-2-3-5-8/h6,8H,2-5H2,1H3,(H,17,18)(H,14,15,16). The van der Waals surface area contributed by atoms with Crippen molar-refractivity contribution in [3.63, 3.8) is 0 Å². The van der Waals surface area contributed by atoms with Gasteiger partial charge in [-0.3, -0.25) is 0 Å². The van der Waals surface area contributed by atoms with E-state index < -0.39 is 5.97 Å². The van der Waals surface area contributed by atoms with E-state index in [0.29, 0.717) is 28.7 Å². The van der Waals surface area contributed by atoms with Crippen molar-refractivity contribution in [3.05, 3.63) is 17.7 Å². The molecular weight excluding hydrogens is 246 g/mol. The predicted octanol–water partition coefficient (Wildman–Crippen LogP) is 2.58. The second kappa shape index (κ2) is 4.53. The quantitative estimate of drug-likeness (QED) is 0.882. The first-order chi connectivity index (χ1) is 9.16. The Balaban J connectivity index is 2.10. The summed E-state index contributed by atoms with van der Waals surface area (Å²) in [6, 6.07) is 0.356. The van der Waals surface area contributed by atoms with Crippen molar-refractivity contribution in [1.29, 1.82) is 0 Å². The molecule has 0 radical (unpaired) electrons. The average Bonchev–Trinajstić information content (AvgIpc) is 2.95. The first-order valence-electron chi connectivity index (χ1n) is 6.40. The highest BCUT2D eigenvalue weighted by Crippen LogP contribution is 2.31. The van der Waals surface area contributed by atoms with Crippen molar-refractivity contribution >= 4 is 22.9 Å². The summed E-state index contributed by atoms with van der Waals surface area (Å²) < 4.78 is 5.39. The minimum Gasteiger partial charge on any atom is -0.478 e. The van der Waals surface area contributed by atoms with Gasteiger partial charge >= 0.3 is 5.97 Å². The van der Waals surface area contributed by atoms with Crippen molar-refractivity contribution in [3.8, 4) is 0 Å². The molecule has 6 nitrogen and oxygen atoms in total. The molecule has 1 fully saturated rings. The van der Waals surface area contributed by atoms with E-state index in [1.54, 1.807) is 6.92 Å². The summed E-state index contributed by atoms with van der Waals surface area (Å²) in [5.74, 6) is -0.0934. The number of carbonyl (C=O) groups is 1. The normalized spacial score (nSPS) is 16.1. The minimum absolute atomic E-state index is 0.149. The van der Waals surface area contributed by atoms with Crippen molar-refractivity contribution in [2.24, 2.45) is 0 Å². The Labute approximate surface area is 109 Å². The fourth-order valence-corrected chi connectivity index (χ4v) is 2.67. The topological polar surface area (TPSA) is 88.3 Å². The van der Waals surface area contributed by atoms with Gasteiger partial charge in [0.15, 0.2) is 0 Å². The van der Waals surface area contributed by atoms with Crippen LogP contribution in [0.4, 0.5) is 5.82 Å². The van der Waals surface area contributed by atoms with Crippen molar-refractivity contribution in [2.75, 3.05) is 5.32 Å². The van der Waals surface area contributed by atoms with Gasteiger partial charge < -0.3 is 14.8 Å². The molecule has 0 amide bonds. The van der Waals surface area contributed by atoms with E-state index in [9.17, 15) is 9.90 Å². The summed E-state index contributed by atoms with van der Waals surface area (Å²) in [6.07, 6.45) is 5.97. The highest BCUT2D eigenvalue weighted by molar-refractivity contribution is 6.06. The molecule has 3 rings (SSSR count). The number of furan rings is 1. The molecule has 100 valence electrons. The molecule has 6 heteroatoms. The Hall–Kier alpha value is -2.11. The molecule has 2 aromatic heterocycles. The molecule has 1 saturated carbocycles. The first-order valence-corrected chi connectivity index (χ1v) is 6.40. The number of aryl methyl sites for hydroxylation is 1. The number of carboxylic acid groups (broad SMARTS) is 1. The van der Waals surface area contributed by atoms with Gasteiger partial charge in [-0.15, -0.1) is 0 Å². The lowest BCUT2D eigenvalue weighted by Gasteiger charge is -2.12. The van der Waals surface area contributed by atoms with Crippen LogP contribution in [0.25, 0.3) is 11.1 Å². The molecule has 0 aromatic carbocycles. The lowest BCUT2D eigenvalue weighted by molar-refractivity contribution is 0.0697. The number of nitrogens with one attached hydrogen (secondary N) is 1. The summed E-state index contributed by atoms with van der Waals surface area (Å²) in [5, 5.41) is 13.1. The number of hydrogen-bond acceptors (Lipinski definition) is 5. The Kier molecular flexibility index (Phi) is 2.85. The number of rotatable bonds is 3. The van der Waals surface area contributed by atoms with Gasteiger partial charge in [-0.1, -0.05) is 12.8 Å². The van der Waals surface area contributed by atoms with E-state index in [0.717, 1.165) is 12.8 Å².